The van der Waals surface area contributed by atoms with Crippen LogP contribution in [0.4, 0.5) is 5.69 Å². The molecular weight excluding hydrogens is 364 g/mol. The third-order valence-electron chi connectivity index (χ3n) is 4.33. The van der Waals surface area contributed by atoms with E-state index < -0.39 is 4.92 Å². The molecule has 0 N–H and O–H groups in total. The summed E-state index contributed by atoms with van der Waals surface area (Å²) in [6.07, 6.45) is 4.91. The first-order valence-corrected chi connectivity index (χ1v) is 9.54. The highest BCUT2D eigenvalue weighted by atomic mass is 32.1. The van der Waals surface area contributed by atoms with Gasteiger partial charge in [0, 0.05) is 29.7 Å². The highest BCUT2D eigenvalue weighted by molar-refractivity contribution is 7.19. The van der Waals surface area contributed by atoms with Gasteiger partial charge in [-0.1, -0.05) is 0 Å². The van der Waals surface area contributed by atoms with Crippen molar-refractivity contribution in [2.24, 2.45) is 0 Å². The Kier molecular flexibility index (Phi) is 4.53. The van der Waals surface area contributed by atoms with Gasteiger partial charge in [0.1, 0.15) is 22.6 Å². The molecule has 27 heavy (non-hydrogen) atoms. The van der Waals surface area contributed by atoms with Crippen molar-refractivity contribution in [3.63, 3.8) is 0 Å². The molecule has 0 bridgehead atoms. The van der Waals surface area contributed by atoms with Gasteiger partial charge in [-0.25, -0.2) is 4.98 Å². The van der Waals surface area contributed by atoms with Crippen LogP contribution in [0.2, 0.25) is 0 Å². The summed E-state index contributed by atoms with van der Waals surface area (Å²) in [4.78, 5) is 15.0. The van der Waals surface area contributed by atoms with Crippen molar-refractivity contribution in [3.8, 4) is 11.5 Å². The molecule has 3 aromatic rings. The van der Waals surface area contributed by atoms with Crippen LogP contribution in [0.25, 0.3) is 22.4 Å². The summed E-state index contributed by atoms with van der Waals surface area (Å²) >= 11 is 1.49. The minimum atomic E-state index is -0.409. The first kappa shape index (κ1) is 17.5. The van der Waals surface area contributed by atoms with E-state index in [0.29, 0.717) is 12.1 Å². The van der Waals surface area contributed by atoms with Crippen molar-refractivity contribution in [1.82, 2.24) is 4.98 Å². The number of nitro groups is 1. The Morgan fingerprint density at radius 2 is 2.22 bits per heavy atom. The van der Waals surface area contributed by atoms with E-state index in [0.717, 1.165) is 38.8 Å². The zero-order valence-electron chi connectivity index (χ0n) is 15.0. The lowest BCUT2D eigenvalue weighted by atomic mass is 10.1. The highest BCUT2D eigenvalue weighted by Crippen LogP contribution is 2.36. The van der Waals surface area contributed by atoms with Gasteiger partial charge < -0.3 is 9.47 Å². The first-order chi connectivity index (χ1) is 13.0. The van der Waals surface area contributed by atoms with Crippen LogP contribution < -0.4 is 9.47 Å². The molecule has 1 unspecified atom stereocenters. The van der Waals surface area contributed by atoms with Gasteiger partial charge in [0.25, 0.3) is 5.69 Å². The fourth-order valence-electron chi connectivity index (χ4n) is 3.15. The minimum Gasteiger partial charge on any atom is -0.493 e. The molecular formula is C20H18N2O4S. The number of fused-ring (bicyclic) bond motifs is 2. The molecule has 1 aliphatic rings. The van der Waals surface area contributed by atoms with Gasteiger partial charge >= 0.3 is 0 Å². The number of non-ortho nitro benzene ring substituents is 1. The molecule has 1 atom stereocenters. The van der Waals surface area contributed by atoms with E-state index in [1.54, 1.807) is 6.07 Å². The lowest BCUT2D eigenvalue weighted by Gasteiger charge is -2.09. The van der Waals surface area contributed by atoms with Crippen LogP contribution in [-0.2, 0) is 6.42 Å². The van der Waals surface area contributed by atoms with E-state index in [-0.39, 0.29) is 11.8 Å². The topological polar surface area (TPSA) is 74.5 Å². The van der Waals surface area contributed by atoms with E-state index >= 15 is 0 Å². The molecule has 0 saturated heterocycles. The lowest BCUT2D eigenvalue weighted by molar-refractivity contribution is -0.384. The van der Waals surface area contributed by atoms with E-state index in [1.807, 2.05) is 31.2 Å². The number of thiazole rings is 1. The van der Waals surface area contributed by atoms with Gasteiger partial charge in [0.2, 0.25) is 0 Å². The molecule has 4 rings (SSSR count). The normalized spacial score (nSPS) is 15.9. The number of ether oxygens (including phenoxy) is 2. The van der Waals surface area contributed by atoms with Gasteiger partial charge in [0.15, 0.2) is 0 Å². The predicted molar refractivity (Wildman–Crippen MR) is 107 cm³/mol. The molecule has 2 aromatic carbocycles. The fraction of sp³-hybridized carbons (Fsp3) is 0.250. The van der Waals surface area contributed by atoms with Crippen molar-refractivity contribution in [2.45, 2.75) is 26.4 Å². The van der Waals surface area contributed by atoms with Crippen LogP contribution in [0.3, 0.4) is 0 Å². The summed E-state index contributed by atoms with van der Waals surface area (Å²) in [7, 11) is 0. The summed E-state index contributed by atoms with van der Waals surface area (Å²) in [5, 5.41) is 11.7. The largest absolute Gasteiger partial charge is 0.493 e. The maximum atomic E-state index is 10.9. The highest BCUT2D eigenvalue weighted by Gasteiger charge is 2.21. The zero-order valence-corrected chi connectivity index (χ0v) is 15.8. The second kappa shape index (κ2) is 7.00. The van der Waals surface area contributed by atoms with Crippen LogP contribution >= 0.6 is 11.3 Å². The Balaban J connectivity index is 1.67. The fourth-order valence-corrected chi connectivity index (χ4v) is 4.00. The molecule has 0 aliphatic carbocycles. The molecule has 138 valence electrons. The van der Waals surface area contributed by atoms with E-state index in [2.05, 4.69) is 11.9 Å². The average molecular weight is 382 g/mol. The Morgan fingerprint density at radius 3 is 3.00 bits per heavy atom. The monoisotopic (exact) mass is 382 g/mol. The maximum absolute atomic E-state index is 10.9. The summed E-state index contributed by atoms with van der Waals surface area (Å²) in [6, 6.07) is 8.78. The number of nitro benzene ring substituents is 1. The molecule has 0 fully saturated rings. The minimum absolute atomic E-state index is 0.0480. The molecule has 7 heteroatoms. The summed E-state index contributed by atoms with van der Waals surface area (Å²) in [6.45, 7) is 4.59. The van der Waals surface area contributed by atoms with Crippen molar-refractivity contribution in [3.05, 3.63) is 56.6 Å². The summed E-state index contributed by atoms with van der Waals surface area (Å²) in [5.74, 6) is 1.72. The third-order valence-corrected chi connectivity index (χ3v) is 5.33. The SMILES string of the molecule is CCOc1cc2c(cc1/C=C/c1nc3cc([N+](=O)[O-])ccc3s1)OC(C)C2. The molecule has 1 aliphatic heterocycles. The molecule has 0 saturated carbocycles. The summed E-state index contributed by atoms with van der Waals surface area (Å²) in [5.41, 5.74) is 2.77. The molecule has 0 radical (unpaired) electrons. The van der Waals surface area contributed by atoms with Gasteiger partial charge in [-0.3, -0.25) is 10.1 Å². The van der Waals surface area contributed by atoms with Crippen molar-refractivity contribution in [1.29, 1.82) is 0 Å². The van der Waals surface area contributed by atoms with Crippen molar-refractivity contribution >= 4 is 39.4 Å². The Labute approximate surface area is 160 Å². The molecule has 1 aromatic heterocycles. The number of hydrogen-bond donors (Lipinski definition) is 0. The Bertz CT molecular complexity index is 1060. The first-order valence-electron chi connectivity index (χ1n) is 8.73. The lowest BCUT2D eigenvalue weighted by Crippen LogP contribution is -2.05. The van der Waals surface area contributed by atoms with E-state index in [1.165, 1.54) is 23.5 Å². The van der Waals surface area contributed by atoms with E-state index in [9.17, 15) is 10.1 Å². The number of aromatic nitrogens is 1. The van der Waals surface area contributed by atoms with Crippen molar-refractivity contribution in [2.75, 3.05) is 6.61 Å². The summed E-state index contributed by atoms with van der Waals surface area (Å²) < 4.78 is 12.6. The second-order valence-electron chi connectivity index (χ2n) is 6.36. The van der Waals surface area contributed by atoms with Crippen LogP contribution in [0.1, 0.15) is 30.0 Å². The molecule has 0 amide bonds. The van der Waals surface area contributed by atoms with Gasteiger partial charge in [-0.2, -0.15) is 0 Å². The molecule has 0 spiro atoms. The number of nitrogens with zero attached hydrogens (tertiary/aromatic N) is 2. The second-order valence-corrected chi connectivity index (χ2v) is 7.42. The van der Waals surface area contributed by atoms with Crippen LogP contribution in [0, 0.1) is 10.1 Å². The molecule has 6 nitrogen and oxygen atoms in total. The van der Waals surface area contributed by atoms with Crippen LogP contribution in [-0.4, -0.2) is 22.6 Å². The van der Waals surface area contributed by atoms with Crippen LogP contribution in [0.15, 0.2) is 30.3 Å². The van der Waals surface area contributed by atoms with E-state index in [4.69, 9.17) is 9.47 Å². The Hall–Kier alpha value is -2.93. The van der Waals surface area contributed by atoms with Gasteiger partial charge in [-0.15, -0.1) is 11.3 Å². The molecule has 2 heterocycles. The maximum Gasteiger partial charge on any atom is 0.271 e. The van der Waals surface area contributed by atoms with Crippen LogP contribution in [0.5, 0.6) is 11.5 Å². The van der Waals surface area contributed by atoms with Gasteiger partial charge in [-0.05, 0) is 44.2 Å². The zero-order chi connectivity index (χ0) is 19.0. The predicted octanol–water partition coefficient (Wildman–Crippen LogP) is 5.10. The number of hydrogen-bond acceptors (Lipinski definition) is 6. The van der Waals surface area contributed by atoms with Gasteiger partial charge in [0.05, 0.1) is 21.7 Å². The van der Waals surface area contributed by atoms with Crippen molar-refractivity contribution < 1.29 is 14.4 Å². The Morgan fingerprint density at radius 1 is 1.37 bits per heavy atom. The smallest absolute Gasteiger partial charge is 0.271 e. The number of benzene rings is 2. The third kappa shape index (κ3) is 3.50. The quantitative estimate of drug-likeness (QED) is 0.453. The standard InChI is InChI=1S/C20H18N2O4S/c1-3-25-17-10-14-8-12(2)26-18(14)9-13(17)4-7-20-21-16-11-15(22(23)24)5-6-19(16)27-20/h4-7,9-12H,3,8H2,1-2H3/b7-4+. The number of rotatable bonds is 5. The average Bonchev–Trinajstić information content (AvgIpc) is 3.20.